The number of ether oxygens (including phenoxy) is 1. The number of pyridine rings is 1. The quantitative estimate of drug-likeness (QED) is 0.650. The molecular weight excluding hydrogens is 332 g/mol. The van der Waals surface area contributed by atoms with Crippen molar-refractivity contribution in [1.82, 2.24) is 4.98 Å². The Balaban J connectivity index is 1.82. The first-order valence-electron chi connectivity index (χ1n) is 9.60. The van der Waals surface area contributed by atoms with E-state index >= 15 is 0 Å². The molecule has 2 aromatic carbocycles. The smallest absolute Gasteiger partial charge is 0.217 e. The van der Waals surface area contributed by atoms with Crippen molar-refractivity contribution in [3.05, 3.63) is 70.8 Å². The second kappa shape index (κ2) is 7.04. The predicted molar refractivity (Wildman–Crippen MR) is 108 cm³/mol. The number of rotatable bonds is 4. The lowest BCUT2D eigenvalue weighted by molar-refractivity contribution is 0.391. The molecule has 0 saturated carbocycles. The number of hydrogen-bond acceptors (Lipinski definition) is 3. The van der Waals surface area contributed by atoms with Crippen LogP contribution in [0.1, 0.15) is 42.0 Å². The van der Waals surface area contributed by atoms with Crippen molar-refractivity contribution in [2.24, 2.45) is 0 Å². The van der Waals surface area contributed by atoms with Gasteiger partial charge >= 0.3 is 0 Å². The van der Waals surface area contributed by atoms with Crippen molar-refractivity contribution in [3.8, 4) is 11.9 Å². The highest BCUT2D eigenvalue weighted by molar-refractivity contribution is 5.85. The molecule has 0 spiro atoms. The van der Waals surface area contributed by atoms with Crippen LogP contribution in [0.3, 0.4) is 0 Å². The van der Waals surface area contributed by atoms with E-state index in [-0.39, 0.29) is 0 Å². The first kappa shape index (κ1) is 17.5. The van der Waals surface area contributed by atoms with Gasteiger partial charge in [0.25, 0.3) is 0 Å². The molecule has 4 rings (SSSR count). The largest absolute Gasteiger partial charge is 0.481 e. The zero-order chi connectivity index (χ0) is 18.9. The molecule has 3 aromatic rings. The Labute approximate surface area is 160 Å². The third-order valence-corrected chi connectivity index (χ3v) is 5.75. The number of nitrogens with zero attached hydrogens (tertiary/aromatic N) is 2. The van der Waals surface area contributed by atoms with Crippen LogP contribution < -0.4 is 4.74 Å². The van der Waals surface area contributed by atoms with E-state index in [0.717, 1.165) is 35.4 Å². The van der Waals surface area contributed by atoms with E-state index in [1.165, 1.54) is 29.4 Å². The fraction of sp³-hybridized carbons (Fsp3) is 0.333. The van der Waals surface area contributed by atoms with Gasteiger partial charge in [-0.3, -0.25) is 0 Å². The maximum atomic E-state index is 9.97. The minimum absolute atomic E-state index is 0.597. The molecule has 1 atom stereocenters. The summed E-state index contributed by atoms with van der Waals surface area (Å²) in [6, 6.07) is 19.1. The van der Waals surface area contributed by atoms with E-state index in [9.17, 15) is 5.26 Å². The lowest BCUT2D eigenvalue weighted by Crippen LogP contribution is -2.23. The summed E-state index contributed by atoms with van der Waals surface area (Å²) in [6.45, 7) is 2.01. The van der Waals surface area contributed by atoms with Crippen LogP contribution in [0.25, 0.3) is 10.9 Å². The van der Waals surface area contributed by atoms with E-state index in [2.05, 4.69) is 36.4 Å². The van der Waals surface area contributed by atoms with Gasteiger partial charge in [0.1, 0.15) is 0 Å². The number of nitriles is 1. The Hall–Kier alpha value is -2.86. The standard InChI is InChI=1S/C24H24N2O/c1-24(16-25,15-17-8-4-3-5-9-17)18-12-13-20-19-10-6-7-11-21(19)23(27-2)26-22(20)14-18/h3-5,8-9,12-14H,6-7,10-11,15H2,1-2H3/t24-/m1/s1. The van der Waals surface area contributed by atoms with Gasteiger partial charge in [-0.05, 0) is 61.8 Å². The minimum atomic E-state index is -0.597. The highest BCUT2D eigenvalue weighted by Gasteiger charge is 2.28. The summed E-state index contributed by atoms with van der Waals surface area (Å²) in [6.07, 6.45) is 5.19. The molecule has 136 valence electrons. The van der Waals surface area contributed by atoms with Crippen molar-refractivity contribution in [2.75, 3.05) is 7.11 Å². The summed E-state index contributed by atoms with van der Waals surface area (Å²) >= 11 is 0. The highest BCUT2D eigenvalue weighted by Crippen LogP contribution is 2.36. The normalized spacial score (nSPS) is 15.6. The van der Waals surface area contributed by atoms with Crippen molar-refractivity contribution in [2.45, 2.75) is 44.4 Å². The first-order chi connectivity index (χ1) is 13.1. The minimum Gasteiger partial charge on any atom is -0.481 e. The Morgan fingerprint density at radius 1 is 1.07 bits per heavy atom. The first-order valence-corrected chi connectivity index (χ1v) is 9.60. The van der Waals surface area contributed by atoms with Crippen molar-refractivity contribution in [3.63, 3.8) is 0 Å². The number of aryl methyl sites for hydroxylation is 1. The van der Waals surface area contributed by atoms with Gasteiger partial charge in [-0.15, -0.1) is 0 Å². The molecule has 1 aromatic heterocycles. The van der Waals surface area contributed by atoms with Crippen LogP contribution in [0.5, 0.6) is 5.88 Å². The second-order valence-corrected chi connectivity index (χ2v) is 7.62. The molecule has 0 N–H and O–H groups in total. The Morgan fingerprint density at radius 3 is 2.52 bits per heavy atom. The fourth-order valence-electron chi connectivity index (χ4n) is 4.22. The van der Waals surface area contributed by atoms with Gasteiger partial charge in [0.2, 0.25) is 5.88 Å². The van der Waals surface area contributed by atoms with Gasteiger partial charge in [0.05, 0.1) is 24.1 Å². The van der Waals surface area contributed by atoms with Crippen LogP contribution in [-0.4, -0.2) is 12.1 Å². The lowest BCUT2D eigenvalue weighted by atomic mass is 9.78. The maximum absolute atomic E-state index is 9.97. The average molecular weight is 356 g/mol. The number of hydrogen-bond donors (Lipinski definition) is 0. The molecule has 3 nitrogen and oxygen atoms in total. The second-order valence-electron chi connectivity index (χ2n) is 7.62. The van der Waals surface area contributed by atoms with Crippen molar-refractivity contribution < 1.29 is 4.74 Å². The van der Waals surface area contributed by atoms with Crippen LogP contribution in [0, 0.1) is 11.3 Å². The maximum Gasteiger partial charge on any atom is 0.217 e. The number of aromatic nitrogens is 1. The van der Waals surface area contributed by atoms with Gasteiger partial charge in [-0.25, -0.2) is 4.98 Å². The van der Waals surface area contributed by atoms with E-state index in [1.807, 2.05) is 25.1 Å². The van der Waals surface area contributed by atoms with Gasteiger partial charge in [-0.1, -0.05) is 42.5 Å². The number of fused-ring (bicyclic) bond motifs is 3. The molecule has 0 aliphatic heterocycles. The molecular formula is C24H24N2O. The van der Waals surface area contributed by atoms with Crippen molar-refractivity contribution in [1.29, 1.82) is 5.26 Å². The van der Waals surface area contributed by atoms with E-state index in [4.69, 9.17) is 9.72 Å². The molecule has 0 fully saturated rings. The summed E-state index contributed by atoms with van der Waals surface area (Å²) < 4.78 is 5.59. The number of methoxy groups -OCH3 is 1. The number of benzene rings is 2. The third-order valence-electron chi connectivity index (χ3n) is 5.75. The average Bonchev–Trinajstić information content (AvgIpc) is 2.73. The molecule has 1 heterocycles. The molecule has 27 heavy (non-hydrogen) atoms. The Morgan fingerprint density at radius 2 is 1.81 bits per heavy atom. The Bertz CT molecular complexity index is 1020. The zero-order valence-corrected chi connectivity index (χ0v) is 16.0. The van der Waals surface area contributed by atoms with Crippen LogP contribution in [-0.2, 0) is 24.7 Å². The lowest BCUT2D eigenvalue weighted by Gasteiger charge is -2.24. The van der Waals surface area contributed by atoms with Crippen LogP contribution in [0.15, 0.2) is 48.5 Å². The zero-order valence-electron chi connectivity index (χ0n) is 16.0. The molecule has 1 aliphatic rings. The van der Waals surface area contributed by atoms with E-state index in [1.54, 1.807) is 7.11 Å². The predicted octanol–water partition coefficient (Wildman–Crippen LogP) is 5.15. The molecule has 0 bridgehead atoms. The summed E-state index contributed by atoms with van der Waals surface area (Å²) in [5, 5.41) is 11.2. The molecule has 0 unspecified atom stereocenters. The van der Waals surface area contributed by atoms with Crippen LogP contribution in [0.2, 0.25) is 0 Å². The fourth-order valence-corrected chi connectivity index (χ4v) is 4.22. The van der Waals surface area contributed by atoms with Crippen LogP contribution >= 0.6 is 0 Å². The van der Waals surface area contributed by atoms with Gasteiger partial charge < -0.3 is 4.74 Å². The van der Waals surface area contributed by atoms with E-state index < -0.39 is 5.41 Å². The highest BCUT2D eigenvalue weighted by atomic mass is 16.5. The monoisotopic (exact) mass is 356 g/mol. The van der Waals surface area contributed by atoms with Gasteiger partial charge in [0.15, 0.2) is 0 Å². The van der Waals surface area contributed by atoms with Crippen molar-refractivity contribution >= 4 is 10.9 Å². The summed E-state index contributed by atoms with van der Waals surface area (Å²) in [5.74, 6) is 0.746. The van der Waals surface area contributed by atoms with E-state index in [0.29, 0.717) is 6.42 Å². The molecule has 1 aliphatic carbocycles. The summed E-state index contributed by atoms with van der Waals surface area (Å²) in [4.78, 5) is 4.79. The molecule has 0 radical (unpaired) electrons. The molecule has 3 heteroatoms. The van der Waals surface area contributed by atoms with Gasteiger partial charge in [0, 0.05) is 10.9 Å². The summed E-state index contributed by atoms with van der Waals surface area (Å²) in [5.41, 5.74) is 5.14. The third kappa shape index (κ3) is 3.17. The molecule has 0 saturated heterocycles. The van der Waals surface area contributed by atoms with Gasteiger partial charge in [-0.2, -0.15) is 5.26 Å². The Kier molecular flexibility index (Phi) is 4.58. The summed E-state index contributed by atoms with van der Waals surface area (Å²) in [7, 11) is 1.70. The molecule has 0 amide bonds. The van der Waals surface area contributed by atoms with Crippen LogP contribution in [0.4, 0.5) is 0 Å². The topological polar surface area (TPSA) is 45.9 Å². The SMILES string of the molecule is COc1nc2cc([C@@](C)(C#N)Cc3ccccc3)ccc2c2c1CCCC2.